The molecule has 0 heterocycles. The number of phosphoric acid groups is 2. The third kappa shape index (κ3) is 35.9. The van der Waals surface area contributed by atoms with Gasteiger partial charge in [-0.15, -0.1) is 0 Å². The summed E-state index contributed by atoms with van der Waals surface area (Å²) in [5.74, 6) is -1.31. The molecule has 5 unspecified atom stereocenters. The van der Waals surface area contributed by atoms with Crippen molar-refractivity contribution in [1.29, 1.82) is 0 Å². The zero-order valence-corrected chi connectivity index (χ0v) is 44.0. The number of hydrogen-bond donors (Lipinski definition) is 8. The van der Waals surface area contributed by atoms with Crippen LogP contribution in [0.1, 0.15) is 168 Å². The van der Waals surface area contributed by atoms with Crippen molar-refractivity contribution in [2.75, 3.05) is 13.2 Å². The number of unbranched alkanes of at least 4 members (excludes halogenated alkanes) is 12. The molecule has 0 spiro atoms. The van der Waals surface area contributed by atoms with Crippen molar-refractivity contribution in [1.82, 2.24) is 0 Å². The van der Waals surface area contributed by atoms with Gasteiger partial charge in [-0.2, -0.15) is 0 Å². The Morgan fingerprint density at radius 3 is 1.49 bits per heavy atom. The van der Waals surface area contributed by atoms with E-state index in [1.54, 1.807) is 0 Å². The molecule has 1 rings (SSSR count). The van der Waals surface area contributed by atoms with Crippen LogP contribution >= 0.6 is 15.6 Å². The van der Waals surface area contributed by atoms with Crippen molar-refractivity contribution in [3.63, 3.8) is 0 Å². The molecule has 0 saturated heterocycles. The van der Waals surface area contributed by atoms with E-state index in [9.17, 15) is 58.9 Å². The molecule has 71 heavy (non-hydrogen) atoms. The minimum atomic E-state index is -5.38. The summed E-state index contributed by atoms with van der Waals surface area (Å²) in [6.45, 7) is 2.88. The van der Waals surface area contributed by atoms with Gasteiger partial charge in [-0.05, 0) is 83.5 Å². The highest BCUT2D eigenvalue weighted by Crippen LogP contribution is 2.49. The van der Waals surface area contributed by atoms with Crippen LogP contribution in [-0.2, 0) is 41.8 Å². The lowest BCUT2D eigenvalue weighted by Crippen LogP contribution is -2.64. The van der Waals surface area contributed by atoms with E-state index in [1.807, 2.05) is 42.5 Å². The quantitative estimate of drug-likeness (QED) is 0.0122. The molecule has 1 saturated carbocycles. The first-order valence-corrected chi connectivity index (χ1v) is 28.8. The van der Waals surface area contributed by atoms with Gasteiger partial charge in [-0.25, -0.2) is 9.13 Å². The van der Waals surface area contributed by atoms with Crippen LogP contribution in [0.4, 0.5) is 0 Å². The van der Waals surface area contributed by atoms with Crippen molar-refractivity contribution in [2.45, 2.75) is 217 Å². The van der Waals surface area contributed by atoms with Gasteiger partial charge in [0.05, 0.1) is 12.7 Å². The number of aliphatic hydroxyl groups is 5. The number of hydrogen-bond acceptors (Lipinski definition) is 14. The van der Waals surface area contributed by atoms with Crippen molar-refractivity contribution in [3.8, 4) is 0 Å². The van der Waals surface area contributed by atoms with E-state index in [-0.39, 0.29) is 12.8 Å². The van der Waals surface area contributed by atoms with Gasteiger partial charge in [0, 0.05) is 12.8 Å². The average molecular weight is 1050 g/mol. The molecule has 1 fully saturated rings. The number of aliphatic hydroxyl groups excluding tert-OH is 5. The average Bonchev–Trinajstić information content (AvgIpc) is 3.32. The summed E-state index contributed by atoms with van der Waals surface area (Å²) < 4.78 is 49.4. The van der Waals surface area contributed by atoms with Crippen LogP contribution in [0.3, 0.4) is 0 Å². The van der Waals surface area contributed by atoms with E-state index < -0.39 is 89.6 Å². The number of carbonyl (C=O) groups excluding carboxylic acids is 2. The van der Waals surface area contributed by atoms with Crippen molar-refractivity contribution < 1.29 is 82.0 Å². The van der Waals surface area contributed by atoms with E-state index in [0.717, 1.165) is 89.9 Å². The first kappa shape index (κ1) is 66.2. The topological polar surface area (TPSA) is 276 Å². The fourth-order valence-electron chi connectivity index (χ4n) is 7.22. The summed E-state index contributed by atoms with van der Waals surface area (Å²) >= 11 is 0. The number of rotatable bonds is 42. The first-order chi connectivity index (χ1) is 34.0. The second-order valence-electron chi connectivity index (χ2n) is 17.7. The Morgan fingerprint density at radius 2 is 0.958 bits per heavy atom. The molecule has 9 atom stereocenters. The minimum absolute atomic E-state index is 0.00518. The Bertz CT molecular complexity index is 1710. The molecule has 408 valence electrons. The molecule has 1 aliphatic carbocycles. The van der Waals surface area contributed by atoms with Crippen LogP contribution in [0, 0.1) is 0 Å². The van der Waals surface area contributed by atoms with Crippen LogP contribution in [-0.4, -0.2) is 114 Å². The zero-order chi connectivity index (χ0) is 52.6. The van der Waals surface area contributed by atoms with Gasteiger partial charge in [-0.1, -0.05) is 157 Å². The van der Waals surface area contributed by atoms with Crippen molar-refractivity contribution in [2.24, 2.45) is 0 Å². The molecule has 0 bridgehead atoms. The maximum Gasteiger partial charge on any atom is 0.472 e. The first-order valence-electron chi connectivity index (χ1n) is 25.7. The van der Waals surface area contributed by atoms with Gasteiger partial charge >= 0.3 is 27.6 Å². The van der Waals surface area contributed by atoms with E-state index in [0.29, 0.717) is 25.7 Å². The van der Waals surface area contributed by atoms with Crippen LogP contribution in [0.2, 0.25) is 0 Å². The van der Waals surface area contributed by atoms with Crippen LogP contribution < -0.4 is 0 Å². The van der Waals surface area contributed by atoms with E-state index >= 15 is 0 Å². The lowest BCUT2D eigenvalue weighted by atomic mass is 9.85. The monoisotopic (exact) mass is 1050 g/mol. The molecule has 19 heteroatoms. The van der Waals surface area contributed by atoms with Gasteiger partial charge < -0.3 is 49.7 Å². The van der Waals surface area contributed by atoms with E-state index in [2.05, 4.69) is 60.9 Å². The predicted molar refractivity (Wildman–Crippen MR) is 275 cm³/mol. The third-order valence-electron chi connectivity index (χ3n) is 11.3. The Balaban J connectivity index is 2.61. The Morgan fingerprint density at radius 1 is 0.507 bits per heavy atom. The highest BCUT2D eigenvalue weighted by Gasteiger charge is 2.54. The summed E-state index contributed by atoms with van der Waals surface area (Å²) in [5.41, 5.74) is 0. The van der Waals surface area contributed by atoms with Crippen LogP contribution in [0.25, 0.3) is 0 Å². The molecule has 0 aromatic carbocycles. The van der Waals surface area contributed by atoms with Gasteiger partial charge in [0.15, 0.2) is 6.10 Å². The maximum atomic E-state index is 13.0. The van der Waals surface area contributed by atoms with Gasteiger partial charge in [0.2, 0.25) is 0 Å². The molecule has 0 amide bonds. The highest BCUT2D eigenvalue weighted by molar-refractivity contribution is 7.47. The molecular formula is C52H88O17P2. The van der Waals surface area contributed by atoms with Gasteiger partial charge in [0.1, 0.15) is 43.2 Å². The molecule has 0 aromatic heterocycles. The van der Waals surface area contributed by atoms with Crippen molar-refractivity contribution >= 4 is 27.6 Å². The lowest BCUT2D eigenvalue weighted by molar-refractivity contribution is -0.216. The fraction of sp³-hybridized carbons (Fsp3) is 0.692. The summed E-state index contributed by atoms with van der Waals surface area (Å²) in [6, 6.07) is 0. The zero-order valence-electron chi connectivity index (χ0n) is 42.2. The van der Waals surface area contributed by atoms with E-state index in [1.165, 1.54) is 25.7 Å². The van der Waals surface area contributed by atoms with Crippen LogP contribution in [0.15, 0.2) is 85.1 Å². The molecule has 0 radical (unpaired) electrons. The maximum absolute atomic E-state index is 13.0. The SMILES string of the molecule is CCCCCC/C=C\C/C=C\C/C=C\CCCCCCCCC(=O)O[C@H](COC(=O)CCC/C=C\C/C=C\C/C=C\C/C=C\[C@@H](O)CCCC)COP(=O)(O)O[C@H]1C(O)C(O)C(O)[C@@H](OP(=O)(O)O)C1O. The van der Waals surface area contributed by atoms with Gasteiger partial charge in [-0.3, -0.25) is 23.2 Å². The predicted octanol–water partition coefficient (Wildman–Crippen LogP) is 9.54. The number of esters is 2. The Labute approximate surface area is 423 Å². The Kier molecular flexibility index (Phi) is 38.7. The fourth-order valence-corrected chi connectivity index (χ4v) is 8.76. The van der Waals surface area contributed by atoms with Gasteiger partial charge in [0.25, 0.3) is 0 Å². The number of phosphoric ester groups is 2. The Hall–Kier alpha value is -2.86. The summed E-state index contributed by atoms with van der Waals surface area (Å²) in [6.07, 6.45) is 34.3. The highest BCUT2D eigenvalue weighted by atomic mass is 31.2. The lowest BCUT2D eigenvalue weighted by Gasteiger charge is -2.43. The van der Waals surface area contributed by atoms with Crippen LogP contribution in [0.5, 0.6) is 0 Å². The molecule has 0 aliphatic heterocycles. The molecule has 8 N–H and O–H groups in total. The normalized spacial score (nSPS) is 22.0. The largest absolute Gasteiger partial charge is 0.472 e. The smallest absolute Gasteiger partial charge is 0.462 e. The summed E-state index contributed by atoms with van der Waals surface area (Å²) in [7, 11) is -10.7. The van der Waals surface area contributed by atoms with E-state index in [4.69, 9.17) is 18.5 Å². The molecule has 17 nitrogen and oxygen atoms in total. The number of ether oxygens (including phenoxy) is 2. The molecule has 1 aliphatic rings. The standard InChI is InChI=1S/C52H88O17P2/c1-3-5-7-8-9-10-11-12-13-14-15-16-17-18-19-24-27-30-33-36-40-46(55)67-44(42-66-71(63,64)69-52-49(58)47(56)48(57)51(50(52)59)68-70(60,61)62)41-65-45(54)39-35-32-29-26-23-21-20-22-25-28-31-34-38-43(53)37-6-4-2/h10-11,13-14,16-17,20-21,25-26,28-29,34,38,43-44,47-53,56-59H,3-9,12,15,18-19,22-24,27,30-33,35-37,39-42H2,1-2H3,(H,63,64)(H2,60,61,62)/b11-10-,14-13-,17-16-,21-20-,28-25-,29-26-,38-34-/t43-,44+,47?,48?,49?,50?,51+,52-/m0/s1. The number of allylic oxidation sites excluding steroid dienone is 13. The third-order valence-corrected chi connectivity index (χ3v) is 12.8. The summed E-state index contributed by atoms with van der Waals surface area (Å²) in [4.78, 5) is 54.4. The summed E-state index contributed by atoms with van der Waals surface area (Å²) in [5, 5.41) is 51.2. The molecule has 0 aromatic rings. The van der Waals surface area contributed by atoms with Crippen molar-refractivity contribution in [3.05, 3.63) is 85.1 Å². The minimum Gasteiger partial charge on any atom is -0.462 e. The second kappa shape index (κ2) is 41.5. The number of carbonyl (C=O) groups is 2. The molecular weight excluding hydrogens is 959 g/mol. The second-order valence-corrected chi connectivity index (χ2v) is 20.3.